The zero-order valence-corrected chi connectivity index (χ0v) is 13.1. The fourth-order valence-corrected chi connectivity index (χ4v) is 2.81. The molecule has 1 N–H and O–H groups in total. The van der Waals surface area contributed by atoms with E-state index in [-0.39, 0.29) is 5.91 Å². The minimum Gasteiger partial charge on any atom is -0.296 e. The number of amides is 1. The molecular weight excluding hydrogens is 352 g/mol. The molecule has 7 heteroatoms. The number of anilines is 1. The minimum atomic E-state index is -0.217. The molecule has 0 bridgehead atoms. The number of benzene rings is 1. The Morgan fingerprint density at radius 3 is 2.86 bits per heavy atom. The van der Waals surface area contributed by atoms with Gasteiger partial charge in [0.1, 0.15) is 0 Å². The second kappa shape index (κ2) is 6.11. The number of hydrogen-bond donors (Lipinski definition) is 1. The van der Waals surface area contributed by atoms with Crippen LogP contribution in [0.25, 0.3) is 10.6 Å². The van der Waals surface area contributed by atoms with Gasteiger partial charge in [-0.3, -0.25) is 15.1 Å². The molecule has 0 saturated carbocycles. The molecule has 3 rings (SSSR count). The largest absolute Gasteiger partial charge is 0.296 e. The van der Waals surface area contributed by atoms with Gasteiger partial charge in [-0.1, -0.05) is 33.3 Å². The Morgan fingerprint density at radius 2 is 2.10 bits per heavy atom. The summed E-state index contributed by atoms with van der Waals surface area (Å²) in [6.45, 7) is 0. The van der Waals surface area contributed by atoms with Crippen molar-refractivity contribution < 1.29 is 4.79 Å². The van der Waals surface area contributed by atoms with Crippen LogP contribution in [-0.2, 0) is 0 Å². The summed E-state index contributed by atoms with van der Waals surface area (Å²) in [5.41, 5.74) is 1.43. The second-order valence-electron chi connectivity index (χ2n) is 4.12. The zero-order valence-electron chi connectivity index (χ0n) is 10.7. The lowest BCUT2D eigenvalue weighted by atomic mass is 10.2. The fourth-order valence-electron chi connectivity index (χ4n) is 1.68. The zero-order chi connectivity index (χ0) is 14.7. The van der Waals surface area contributed by atoms with E-state index in [1.54, 1.807) is 30.6 Å². The van der Waals surface area contributed by atoms with E-state index in [0.717, 1.165) is 10.0 Å². The van der Waals surface area contributed by atoms with E-state index in [9.17, 15) is 4.79 Å². The molecule has 0 aliphatic carbocycles. The molecule has 0 fully saturated rings. The molecule has 0 spiro atoms. The first-order valence-corrected chi connectivity index (χ1v) is 7.64. The van der Waals surface area contributed by atoms with Gasteiger partial charge in [0.2, 0.25) is 5.13 Å². The predicted molar refractivity (Wildman–Crippen MR) is 85.2 cm³/mol. The van der Waals surface area contributed by atoms with E-state index in [2.05, 4.69) is 36.4 Å². The first-order chi connectivity index (χ1) is 10.2. The third-order valence-electron chi connectivity index (χ3n) is 2.64. The third kappa shape index (κ3) is 3.32. The van der Waals surface area contributed by atoms with Gasteiger partial charge in [-0.2, -0.15) is 0 Å². The quantitative estimate of drug-likeness (QED) is 0.774. The molecule has 0 aliphatic heterocycles. The van der Waals surface area contributed by atoms with Crippen molar-refractivity contribution in [3.05, 3.63) is 58.8 Å². The van der Waals surface area contributed by atoms with Gasteiger partial charge in [-0.05, 0) is 30.3 Å². The van der Waals surface area contributed by atoms with Gasteiger partial charge >= 0.3 is 0 Å². The summed E-state index contributed by atoms with van der Waals surface area (Å²) in [7, 11) is 0. The SMILES string of the molecule is O=C(Nc1nnc(-c2cccnc2)s1)c1cccc(Br)c1. The van der Waals surface area contributed by atoms with Crippen molar-refractivity contribution >= 4 is 38.3 Å². The molecule has 2 aromatic heterocycles. The van der Waals surface area contributed by atoms with Gasteiger partial charge in [-0.25, -0.2) is 0 Å². The highest BCUT2D eigenvalue weighted by Crippen LogP contribution is 2.25. The predicted octanol–water partition coefficient (Wildman–Crippen LogP) is 3.61. The van der Waals surface area contributed by atoms with Gasteiger partial charge in [0.15, 0.2) is 5.01 Å². The van der Waals surface area contributed by atoms with Crippen LogP contribution in [0.2, 0.25) is 0 Å². The third-order valence-corrected chi connectivity index (χ3v) is 4.02. The molecule has 104 valence electrons. The van der Waals surface area contributed by atoms with E-state index >= 15 is 0 Å². The fraction of sp³-hybridized carbons (Fsp3) is 0. The van der Waals surface area contributed by atoms with Gasteiger partial charge < -0.3 is 0 Å². The molecule has 0 saturated heterocycles. The normalized spacial score (nSPS) is 10.3. The summed E-state index contributed by atoms with van der Waals surface area (Å²) >= 11 is 4.65. The van der Waals surface area contributed by atoms with E-state index < -0.39 is 0 Å². The summed E-state index contributed by atoms with van der Waals surface area (Å²) < 4.78 is 0.850. The monoisotopic (exact) mass is 360 g/mol. The first kappa shape index (κ1) is 13.8. The van der Waals surface area contributed by atoms with E-state index in [1.807, 2.05) is 18.2 Å². The molecule has 1 amide bonds. The highest BCUT2D eigenvalue weighted by atomic mass is 79.9. The van der Waals surface area contributed by atoms with Crippen LogP contribution in [0.1, 0.15) is 10.4 Å². The number of aromatic nitrogens is 3. The Bertz CT molecular complexity index is 775. The Hall–Kier alpha value is -2.12. The highest BCUT2D eigenvalue weighted by Gasteiger charge is 2.11. The Morgan fingerprint density at radius 1 is 1.19 bits per heavy atom. The van der Waals surface area contributed by atoms with Crippen molar-refractivity contribution in [1.29, 1.82) is 0 Å². The molecule has 0 unspecified atom stereocenters. The molecule has 0 aliphatic rings. The summed E-state index contributed by atoms with van der Waals surface area (Å²) in [6.07, 6.45) is 3.40. The van der Waals surface area contributed by atoms with Crippen molar-refractivity contribution in [1.82, 2.24) is 15.2 Å². The minimum absolute atomic E-state index is 0.217. The summed E-state index contributed by atoms with van der Waals surface area (Å²) in [5.74, 6) is -0.217. The Kier molecular flexibility index (Phi) is 4.03. The van der Waals surface area contributed by atoms with Gasteiger partial charge in [0.05, 0.1) is 0 Å². The van der Waals surface area contributed by atoms with E-state index in [1.165, 1.54) is 11.3 Å². The molecule has 5 nitrogen and oxygen atoms in total. The van der Waals surface area contributed by atoms with Crippen LogP contribution < -0.4 is 5.32 Å². The van der Waals surface area contributed by atoms with Crippen molar-refractivity contribution in [3.63, 3.8) is 0 Å². The molecule has 2 heterocycles. The first-order valence-electron chi connectivity index (χ1n) is 6.03. The maximum absolute atomic E-state index is 12.1. The lowest BCUT2D eigenvalue weighted by Gasteiger charge is -2.01. The number of carbonyl (C=O) groups excluding carboxylic acids is 1. The molecular formula is C14H9BrN4OS. The highest BCUT2D eigenvalue weighted by molar-refractivity contribution is 9.10. The molecule has 0 atom stereocenters. The number of nitrogens with one attached hydrogen (secondary N) is 1. The standard InChI is InChI=1S/C14H9BrN4OS/c15-11-5-1-3-9(7-11)12(20)17-14-19-18-13(21-14)10-4-2-6-16-8-10/h1-8H,(H,17,19,20). The molecule has 1 aromatic carbocycles. The lowest BCUT2D eigenvalue weighted by molar-refractivity contribution is 0.102. The smallest absolute Gasteiger partial charge is 0.257 e. The Labute approximate surface area is 133 Å². The number of pyridine rings is 1. The molecule has 21 heavy (non-hydrogen) atoms. The topological polar surface area (TPSA) is 67.8 Å². The number of carbonyl (C=O) groups is 1. The summed E-state index contributed by atoms with van der Waals surface area (Å²) in [6, 6.07) is 10.9. The van der Waals surface area contributed by atoms with Crippen LogP contribution in [0.5, 0.6) is 0 Å². The number of hydrogen-bond acceptors (Lipinski definition) is 5. The van der Waals surface area contributed by atoms with Crippen LogP contribution in [0.4, 0.5) is 5.13 Å². The van der Waals surface area contributed by atoms with Gasteiger partial charge in [0, 0.05) is 28.0 Å². The number of halogens is 1. The van der Waals surface area contributed by atoms with Crippen molar-refractivity contribution in [2.45, 2.75) is 0 Å². The Balaban J connectivity index is 1.77. The summed E-state index contributed by atoms with van der Waals surface area (Å²) in [4.78, 5) is 16.1. The second-order valence-corrected chi connectivity index (χ2v) is 6.01. The molecule has 3 aromatic rings. The summed E-state index contributed by atoms with van der Waals surface area (Å²) in [5, 5.41) is 11.9. The van der Waals surface area contributed by atoms with Crippen molar-refractivity contribution in [3.8, 4) is 10.6 Å². The number of rotatable bonds is 3. The van der Waals surface area contributed by atoms with Gasteiger partial charge in [-0.15, -0.1) is 10.2 Å². The van der Waals surface area contributed by atoms with E-state index in [0.29, 0.717) is 15.7 Å². The van der Waals surface area contributed by atoms with Crippen LogP contribution in [0.3, 0.4) is 0 Å². The van der Waals surface area contributed by atoms with Crippen LogP contribution >= 0.6 is 27.3 Å². The van der Waals surface area contributed by atoms with Crippen molar-refractivity contribution in [2.24, 2.45) is 0 Å². The lowest BCUT2D eigenvalue weighted by Crippen LogP contribution is -2.11. The average molecular weight is 361 g/mol. The van der Waals surface area contributed by atoms with Crippen molar-refractivity contribution in [2.75, 3.05) is 5.32 Å². The maximum atomic E-state index is 12.1. The molecule has 0 radical (unpaired) electrons. The van der Waals surface area contributed by atoms with Crippen LogP contribution in [0.15, 0.2) is 53.3 Å². The average Bonchev–Trinajstić information content (AvgIpc) is 2.97. The van der Waals surface area contributed by atoms with E-state index in [4.69, 9.17) is 0 Å². The number of nitrogens with zero attached hydrogens (tertiary/aromatic N) is 3. The van der Waals surface area contributed by atoms with Gasteiger partial charge in [0.25, 0.3) is 5.91 Å². The van der Waals surface area contributed by atoms with Crippen LogP contribution in [0, 0.1) is 0 Å². The maximum Gasteiger partial charge on any atom is 0.257 e. The van der Waals surface area contributed by atoms with Crippen LogP contribution in [-0.4, -0.2) is 21.1 Å².